The maximum Gasteiger partial charge on any atom is 0.235 e. The molecule has 1 aliphatic rings. The number of hydrogen-bond acceptors (Lipinski definition) is 5. The lowest BCUT2D eigenvalue weighted by atomic mass is 9.95. The minimum atomic E-state index is -3.35. The van der Waals surface area contributed by atoms with Crippen LogP contribution in [0.25, 0.3) is 0 Å². The highest BCUT2D eigenvalue weighted by molar-refractivity contribution is 7.91. The summed E-state index contributed by atoms with van der Waals surface area (Å²) in [6.07, 6.45) is 0.759. The van der Waals surface area contributed by atoms with Crippen LogP contribution in [0.15, 0.2) is 18.2 Å². The third-order valence-electron chi connectivity index (χ3n) is 3.64. The van der Waals surface area contributed by atoms with Crippen LogP contribution >= 0.6 is 23.2 Å². The molecule has 1 aromatic rings. The van der Waals surface area contributed by atoms with Gasteiger partial charge in [-0.25, -0.2) is 8.42 Å². The number of amides is 1. The van der Waals surface area contributed by atoms with Gasteiger partial charge in [0.25, 0.3) is 0 Å². The molecule has 2 rings (SSSR count). The van der Waals surface area contributed by atoms with E-state index in [2.05, 4.69) is 10.6 Å². The van der Waals surface area contributed by atoms with Crippen molar-refractivity contribution >= 4 is 38.9 Å². The molecule has 1 saturated heterocycles. The van der Waals surface area contributed by atoms with Crippen LogP contribution in [-0.4, -0.2) is 52.6 Å². The minimum absolute atomic E-state index is 0.0618. The second-order valence-corrected chi connectivity index (χ2v) is 8.76. The smallest absolute Gasteiger partial charge is 0.235 e. The summed E-state index contributed by atoms with van der Waals surface area (Å²) in [4.78, 5) is 11.7. The molecule has 1 heterocycles. The number of sulfone groups is 1. The Labute approximate surface area is 151 Å². The Bertz CT molecular complexity index is 697. The molecule has 9 heteroatoms. The molecule has 0 radical (unpaired) electrons. The molecule has 0 saturated carbocycles. The van der Waals surface area contributed by atoms with Crippen LogP contribution in [0.5, 0.6) is 0 Å². The second kappa shape index (κ2) is 8.49. The Morgan fingerprint density at radius 3 is 2.79 bits per heavy atom. The SMILES string of the molecule is CS(=O)(=O)CC(=O)NCC1CNCCOC1c1ccc(Cl)c(Cl)c1. The van der Waals surface area contributed by atoms with Crippen molar-refractivity contribution in [3.63, 3.8) is 0 Å². The van der Waals surface area contributed by atoms with Gasteiger partial charge in [-0.2, -0.15) is 0 Å². The maximum absolute atomic E-state index is 11.7. The van der Waals surface area contributed by atoms with Gasteiger partial charge in [0.15, 0.2) is 9.84 Å². The lowest BCUT2D eigenvalue weighted by Gasteiger charge is -2.25. The molecular weight excluding hydrogens is 375 g/mol. The van der Waals surface area contributed by atoms with Crippen molar-refractivity contribution < 1.29 is 17.9 Å². The summed E-state index contributed by atoms with van der Waals surface area (Å²) >= 11 is 12.0. The van der Waals surface area contributed by atoms with E-state index in [1.807, 2.05) is 6.07 Å². The molecule has 2 N–H and O–H groups in total. The molecule has 2 atom stereocenters. The molecule has 6 nitrogen and oxygen atoms in total. The van der Waals surface area contributed by atoms with E-state index in [0.717, 1.165) is 11.8 Å². The van der Waals surface area contributed by atoms with Crippen molar-refractivity contribution in [2.75, 3.05) is 38.2 Å². The monoisotopic (exact) mass is 394 g/mol. The van der Waals surface area contributed by atoms with Gasteiger partial charge in [0, 0.05) is 31.8 Å². The molecule has 1 aromatic carbocycles. The number of benzene rings is 1. The Balaban J connectivity index is 2.09. The zero-order chi connectivity index (χ0) is 17.7. The summed E-state index contributed by atoms with van der Waals surface area (Å²) in [6, 6.07) is 5.31. The summed E-state index contributed by atoms with van der Waals surface area (Å²) in [7, 11) is -3.35. The fourth-order valence-corrected chi connectivity index (χ4v) is 3.44. The Kier molecular flexibility index (Phi) is 6.88. The molecule has 24 heavy (non-hydrogen) atoms. The molecular formula is C15H20Cl2N2O4S. The highest BCUT2D eigenvalue weighted by Crippen LogP contribution is 2.31. The van der Waals surface area contributed by atoms with E-state index in [9.17, 15) is 13.2 Å². The fourth-order valence-electron chi connectivity index (χ4n) is 2.56. The largest absolute Gasteiger partial charge is 0.372 e. The number of halogens is 2. The van der Waals surface area contributed by atoms with Crippen molar-refractivity contribution in [1.29, 1.82) is 0 Å². The summed E-state index contributed by atoms with van der Waals surface area (Å²) in [5.41, 5.74) is 0.871. The van der Waals surface area contributed by atoms with Gasteiger partial charge in [-0.05, 0) is 17.7 Å². The van der Waals surface area contributed by atoms with Crippen LogP contribution in [0.4, 0.5) is 0 Å². The first-order valence-corrected chi connectivity index (χ1v) is 10.3. The van der Waals surface area contributed by atoms with Crippen LogP contribution in [0.2, 0.25) is 10.0 Å². The van der Waals surface area contributed by atoms with Crippen LogP contribution in [-0.2, 0) is 19.4 Å². The lowest BCUT2D eigenvalue weighted by Crippen LogP contribution is -2.38. The normalized spacial score (nSPS) is 22.0. The van der Waals surface area contributed by atoms with Crippen LogP contribution in [0.3, 0.4) is 0 Å². The Morgan fingerprint density at radius 1 is 1.38 bits per heavy atom. The number of carbonyl (C=O) groups excluding carboxylic acids is 1. The van der Waals surface area contributed by atoms with Gasteiger partial charge >= 0.3 is 0 Å². The first kappa shape index (κ1) is 19.5. The van der Waals surface area contributed by atoms with E-state index in [1.54, 1.807) is 12.1 Å². The van der Waals surface area contributed by atoms with Gasteiger partial charge in [-0.1, -0.05) is 29.3 Å². The van der Waals surface area contributed by atoms with Crippen molar-refractivity contribution in [1.82, 2.24) is 10.6 Å². The van der Waals surface area contributed by atoms with Gasteiger partial charge in [-0.3, -0.25) is 4.79 Å². The number of nitrogens with one attached hydrogen (secondary N) is 2. The minimum Gasteiger partial charge on any atom is -0.372 e. The number of carbonyl (C=O) groups is 1. The fraction of sp³-hybridized carbons (Fsp3) is 0.533. The lowest BCUT2D eigenvalue weighted by molar-refractivity contribution is -0.119. The quantitative estimate of drug-likeness (QED) is 0.788. The highest BCUT2D eigenvalue weighted by atomic mass is 35.5. The summed E-state index contributed by atoms with van der Waals surface area (Å²) in [5.74, 6) is -1.10. The van der Waals surface area contributed by atoms with Gasteiger partial charge in [-0.15, -0.1) is 0 Å². The van der Waals surface area contributed by atoms with Crippen molar-refractivity contribution in [3.8, 4) is 0 Å². The Morgan fingerprint density at radius 2 is 2.12 bits per heavy atom. The average molecular weight is 395 g/mol. The van der Waals surface area contributed by atoms with E-state index in [0.29, 0.717) is 36.3 Å². The zero-order valence-corrected chi connectivity index (χ0v) is 15.5. The van der Waals surface area contributed by atoms with Crippen molar-refractivity contribution in [2.24, 2.45) is 5.92 Å². The van der Waals surface area contributed by atoms with E-state index >= 15 is 0 Å². The molecule has 134 valence electrons. The van der Waals surface area contributed by atoms with E-state index in [1.165, 1.54) is 0 Å². The number of ether oxygens (including phenoxy) is 1. The van der Waals surface area contributed by atoms with Gasteiger partial charge in [0.1, 0.15) is 5.75 Å². The van der Waals surface area contributed by atoms with E-state index in [4.69, 9.17) is 27.9 Å². The molecule has 2 unspecified atom stereocenters. The summed E-state index contributed by atoms with van der Waals surface area (Å²) in [5, 5.41) is 6.81. The van der Waals surface area contributed by atoms with Crippen molar-refractivity contribution in [3.05, 3.63) is 33.8 Å². The first-order valence-electron chi connectivity index (χ1n) is 7.48. The van der Waals surface area contributed by atoms with Gasteiger partial charge in [0.2, 0.25) is 5.91 Å². The predicted molar refractivity (Wildman–Crippen MR) is 94.2 cm³/mol. The van der Waals surface area contributed by atoms with Crippen LogP contribution in [0, 0.1) is 5.92 Å². The van der Waals surface area contributed by atoms with Crippen LogP contribution in [0.1, 0.15) is 11.7 Å². The number of hydrogen-bond donors (Lipinski definition) is 2. The summed E-state index contributed by atoms with van der Waals surface area (Å²) in [6.45, 7) is 2.15. The molecule has 0 aliphatic carbocycles. The molecule has 1 aliphatic heterocycles. The molecule has 0 bridgehead atoms. The van der Waals surface area contributed by atoms with Gasteiger partial charge in [0.05, 0.1) is 22.8 Å². The van der Waals surface area contributed by atoms with Crippen molar-refractivity contribution in [2.45, 2.75) is 6.10 Å². The van der Waals surface area contributed by atoms with E-state index < -0.39 is 21.5 Å². The zero-order valence-electron chi connectivity index (χ0n) is 13.2. The second-order valence-electron chi connectivity index (χ2n) is 5.80. The maximum atomic E-state index is 11.7. The average Bonchev–Trinajstić information content (AvgIpc) is 2.71. The molecule has 0 spiro atoms. The van der Waals surface area contributed by atoms with Crippen LogP contribution < -0.4 is 10.6 Å². The predicted octanol–water partition coefficient (Wildman–Crippen LogP) is 1.43. The third kappa shape index (κ3) is 5.89. The molecule has 1 amide bonds. The Hall–Kier alpha value is -0.860. The standard InChI is InChI=1S/C15H20Cl2N2O4S/c1-24(21,22)9-14(20)19-8-11-7-18-4-5-23-15(11)10-2-3-12(16)13(17)6-10/h2-3,6,11,15,18H,4-5,7-9H2,1H3,(H,19,20). The topological polar surface area (TPSA) is 84.5 Å². The van der Waals surface area contributed by atoms with Gasteiger partial charge < -0.3 is 15.4 Å². The first-order chi connectivity index (χ1) is 11.3. The summed E-state index contributed by atoms with van der Waals surface area (Å²) < 4.78 is 28.3. The highest BCUT2D eigenvalue weighted by Gasteiger charge is 2.27. The number of rotatable bonds is 5. The third-order valence-corrected chi connectivity index (χ3v) is 5.16. The molecule has 1 fully saturated rings. The van der Waals surface area contributed by atoms with E-state index in [-0.39, 0.29) is 12.0 Å². The molecule has 0 aromatic heterocycles.